The normalized spacial score (nSPS) is 37.6. The van der Waals surface area contributed by atoms with Crippen molar-refractivity contribution in [1.82, 2.24) is 15.8 Å². The number of H-pyrrole nitrogens is 1. The van der Waals surface area contributed by atoms with Crippen LogP contribution < -0.4 is 10.9 Å². The van der Waals surface area contributed by atoms with Crippen LogP contribution in [-0.2, 0) is 4.79 Å². The zero-order valence-electron chi connectivity index (χ0n) is 13.0. The van der Waals surface area contributed by atoms with E-state index in [0.29, 0.717) is 12.1 Å². The third-order valence-corrected chi connectivity index (χ3v) is 6.73. The van der Waals surface area contributed by atoms with E-state index >= 15 is 0 Å². The van der Waals surface area contributed by atoms with Crippen LogP contribution in [0.3, 0.4) is 0 Å². The fourth-order valence-electron chi connectivity index (χ4n) is 5.59. The molecule has 0 saturated heterocycles. The third kappa shape index (κ3) is 2.93. The average Bonchev–Trinajstić information content (AvgIpc) is 2.95. The van der Waals surface area contributed by atoms with Gasteiger partial charge in [-0.05, 0) is 67.9 Å². The van der Waals surface area contributed by atoms with Crippen molar-refractivity contribution in [2.75, 3.05) is 0 Å². The van der Waals surface area contributed by atoms with Gasteiger partial charge in [0.05, 0.1) is 0 Å². The van der Waals surface area contributed by atoms with Crippen molar-refractivity contribution in [2.24, 2.45) is 17.3 Å². The highest BCUT2D eigenvalue weighted by Gasteiger charge is 2.57. The summed E-state index contributed by atoms with van der Waals surface area (Å²) < 4.78 is 0.255. The maximum atomic E-state index is 12.4. The number of alkyl halides is 1. The van der Waals surface area contributed by atoms with Gasteiger partial charge in [-0.15, -0.1) is 0 Å². The summed E-state index contributed by atoms with van der Waals surface area (Å²) in [6, 6.07) is 3.43. The Morgan fingerprint density at radius 1 is 1.22 bits per heavy atom. The van der Waals surface area contributed by atoms with E-state index in [4.69, 9.17) is 0 Å². The molecule has 2 amide bonds. The number of halogens is 1. The molecular weight excluding hydrogens is 358 g/mol. The molecule has 1 heterocycles. The lowest BCUT2D eigenvalue weighted by Crippen LogP contribution is -2.54. The summed E-state index contributed by atoms with van der Waals surface area (Å²) in [4.78, 5) is 27.0. The molecule has 4 saturated carbocycles. The van der Waals surface area contributed by atoms with Gasteiger partial charge in [-0.3, -0.25) is 20.4 Å². The molecule has 0 spiro atoms. The standard InChI is InChI=1S/C17H22BrN3O2/c18-17-7-11-4-12(8-17)6-16(5-11,10-17)9-14(22)20-21-15(23)13-2-1-3-19-13/h1-3,11-12,19H,4-10H2,(H,20,22)(H,21,23). The Labute approximate surface area is 144 Å². The molecule has 0 radical (unpaired) electrons. The Kier molecular flexibility index (Phi) is 3.55. The summed E-state index contributed by atoms with van der Waals surface area (Å²) >= 11 is 3.97. The summed E-state index contributed by atoms with van der Waals surface area (Å²) in [5.74, 6) is 1.13. The number of nitrogens with one attached hydrogen (secondary N) is 3. The molecule has 6 heteroatoms. The van der Waals surface area contributed by atoms with Gasteiger partial charge in [0, 0.05) is 16.9 Å². The van der Waals surface area contributed by atoms with Gasteiger partial charge in [0.1, 0.15) is 5.69 Å². The van der Waals surface area contributed by atoms with Gasteiger partial charge >= 0.3 is 0 Å². The number of hydrogen-bond acceptors (Lipinski definition) is 2. The fraction of sp³-hybridized carbons (Fsp3) is 0.647. The molecule has 124 valence electrons. The van der Waals surface area contributed by atoms with Crippen LogP contribution in [0.25, 0.3) is 0 Å². The Balaban J connectivity index is 1.36. The van der Waals surface area contributed by atoms with Crippen LogP contribution >= 0.6 is 15.9 Å². The van der Waals surface area contributed by atoms with Crippen molar-refractivity contribution in [2.45, 2.75) is 49.3 Å². The second kappa shape index (κ2) is 5.36. The predicted octanol–water partition coefficient (Wildman–Crippen LogP) is 2.90. The summed E-state index contributed by atoms with van der Waals surface area (Å²) in [5, 5.41) is 0. The summed E-state index contributed by atoms with van der Waals surface area (Å²) in [5.41, 5.74) is 5.64. The molecular formula is C17H22BrN3O2. The quantitative estimate of drug-likeness (QED) is 0.557. The van der Waals surface area contributed by atoms with E-state index in [-0.39, 0.29) is 21.6 Å². The summed E-state index contributed by atoms with van der Waals surface area (Å²) in [6.45, 7) is 0. The molecule has 0 aromatic carbocycles. The molecule has 0 aliphatic heterocycles. The van der Waals surface area contributed by atoms with Gasteiger partial charge in [-0.1, -0.05) is 15.9 Å². The molecule has 4 bridgehead atoms. The van der Waals surface area contributed by atoms with E-state index in [9.17, 15) is 9.59 Å². The monoisotopic (exact) mass is 379 g/mol. The van der Waals surface area contributed by atoms with Crippen molar-refractivity contribution in [3.63, 3.8) is 0 Å². The van der Waals surface area contributed by atoms with E-state index in [1.807, 2.05) is 0 Å². The lowest BCUT2D eigenvalue weighted by molar-refractivity contribution is -0.128. The first-order chi connectivity index (χ1) is 11.0. The highest BCUT2D eigenvalue weighted by atomic mass is 79.9. The summed E-state index contributed by atoms with van der Waals surface area (Å²) in [6.07, 6.45) is 9.46. The SMILES string of the molecule is O=C(CC12CC3CC(CC(Br)(C3)C1)C2)NNC(=O)c1ccc[nH]1. The summed E-state index contributed by atoms with van der Waals surface area (Å²) in [7, 11) is 0. The van der Waals surface area contributed by atoms with Crippen molar-refractivity contribution in [1.29, 1.82) is 0 Å². The van der Waals surface area contributed by atoms with E-state index in [0.717, 1.165) is 31.1 Å². The second-order valence-corrected chi connectivity index (χ2v) is 9.56. The highest BCUT2D eigenvalue weighted by molar-refractivity contribution is 9.10. The van der Waals surface area contributed by atoms with Crippen LogP contribution in [0, 0.1) is 17.3 Å². The minimum absolute atomic E-state index is 0.0806. The molecule has 5 rings (SSSR count). The highest BCUT2D eigenvalue weighted by Crippen LogP contribution is 2.65. The first kappa shape index (κ1) is 15.2. The number of carbonyl (C=O) groups excluding carboxylic acids is 2. The maximum Gasteiger partial charge on any atom is 0.286 e. The Morgan fingerprint density at radius 3 is 2.57 bits per heavy atom. The number of rotatable bonds is 3. The van der Waals surface area contributed by atoms with Gasteiger partial charge in [0.2, 0.25) is 5.91 Å². The minimum Gasteiger partial charge on any atom is -0.357 e. The smallest absolute Gasteiger partial charge is 0.286 e. The molecule has 5 nitrogen and oxygen atoms in total. The predicted molar refractivity (Wildman–Crippen MR) is 89.8 cm³/mol. The number of hydrazine groups is 1. The number of amides is 2. The van der Waals surface area contributed by atoms with Gasteiger partial charge in [0.15, 0.2) is 0 Å². The van der Waals surface area contributed by atoms with Gasteiger partial charge < -0.3 is 4.98 Å². The van der Waals surface area contributed by atoms with Crippen LogP contribution in [0.5, 0.6) is 0 Å². The lowest BCUT2D eigenvalue weighted by atomic mass is 9.48. The third-order valence-electron chi connectivity index (χ3n) is 5.80. The molecule has 4 fully saturated rings. The van der Waals surface area contributed by atoms with Crippen LogP contribution in [0.4, 0.5) is 0 Å². The first-order valence-corrected chi connectivity index (χ1v) is 9.16. The number of aromatic nitrogens is 1. The molecule has 2 unspecified atom stereocenters. The second-order valence-electron chi connectivity index (χ2n) is 7.87. The minimum atomic E-state index is -0.314. The van der Waals surface area contributed by atoms with Gasteiger partial charge in [-0.2, -0.15) is 0 Å². The molecule has 4 aliphatic rings. The lowest BCUT2D eigenvalue weighted by Gasteiger charge is -2.60. The molecule has 1 aromatic heterocycles. The zero-order valence-corrected chi connectivity index (χ0v) is 14.6. The largest absolute Gasteiger partial charge is 0.357 e. The van der Waals surface area contributed by atoms with Crippen LogP contribution in [0.15, 0.2) is 18.3 Å². The molecule has 3 N–H and O–H groups in total. The number of hydrogen-bond donors (Lipinski definition) is 3. The van der Waals surface area contributed by atoms with Crippen molar-refractivity contribution in [3.8, 4) is 0 Å². The first-order valence-electron chi connectivity index (χ1n) is 8.37. The number of aromatic amines is 1. The Hall–Kier alpha value is -1.30. The topological polar surface area (TPSA) is 74.0 Å². The van der Waals surface area contributed by atoms with Gasteiger partial charge in [-0.25, -0.2) is 0 Å². The fourth-order valence-corrected chi connectivity index (χ4v) is 7.10. The van der Waals surface area contributed by atoms with Gasteiger partial charge in [0.25, 0.3) is 5.91 Å². The average molecular weight is 380 g/mol. The van der Waals surface area contributed by atoms with Crippen molar-refractivity contribution >= 4 is 27.7 Å². The number of carbonyl (C=O) groups is 2. The van der Waals surface area contributed by atoms with Crippen molar-refractivity contribution < 1.29 is 9.59 Å². The van der Waals surface area contributed by atoms with Crippen LogP contribution in [0.2, 0.25) is 0 Å². The Bertz CT molecular complexity index is 614. The van der Waals surface area contributed by atoms with Crippen LogP contribution in [0.1, 0.15) is 55.4 Å². The molecule has 2 atom stereocenters. The molecule has 4 aliphatic carbocycles. The van der Waals surface area contributed by atoms with Crippen LogP contribution in [-0.4, -0.2) is 21.1 Å². The van der Waals surface area contributed by atoms with E-state index in [1.54, 1.807) is 18.3 Å². The zero-order chi connectivity index (χ0) is 16.1. The Morgan fingerprint density at radius 2 is 1.96 bits per heavy atom. The van der Waals surface area contributed by atoms with E-state index in [2.05, 4.69) is 31.8 Å². The molecule has 1 aromatic rings. The molecule has 23 heavy (non-hydrogen) atoms. The van der Waals surface area contributed by atoms with E-state index in [1.165, 1.54) is 19.3 Å². The maximum absolute atomic E-state index is 12.4. The van der Waals surface area contributed by atoms with E-state index < -0.39 is 0 Å². The van der Waals surface area contributed by atoms with Crippen molar-refractivity contribution in [3.05, 3.63) is 24.0 Å².